The Labute approximate surface area is 232 Å². The molecule has 2 aliphatic heterocycles. The number of rotatable bonds is 6. The van der Waals surface area contributed by atoms with Crippen LogP contribution < -0.4 is 20.5 Å². The summed E-state index contributed by atoms with van der Waals surface area (Å²) in [6.07, 6.45) is -7.79. The average molecular weight is 668 g/mol. The lowest BCUT2D eigenvalue weighted by Crippen LogP contribution is -2.53. The number of likely N-dealkylation sites (N-methyl/N-ethyl adjacent to an activating group) is 1. The van der Waals surface area contributed by atoms with Gasteiger partial charge in [-0.15, -0.1) is 13.2 Å². The monoisotopic (exact) mass is 666 g/mol. The van der Waals surface area contributed by atoms with Crippen LogP contribution in [0.3, 0.4) is 0 Å². The van der Waals surface area contributed by atoms with E-state index >= 15 is 8.78 Å². The SMILES string of the molecule is CN(c1cnn(C2NCC(S(=O)(=O)c3cc(Br)ccc3OC(F)(F)F)OC2F)c(=O)c1Cl)[C@@]1(F)CCCOC1. The number of aromatic nitrogens is 2. The minimum Gasteiger partial charge on any atom is -0.404 e. The number of benzene rings is 1. The Balaban J connectivity index is 1.57. The number of morpholine rings is 1. The van der Waals surface area contributed by atoms with Crippen LogP contribution in [0, 0.1) is 0 Å². The zero-order valence-electron chi connectivity index (χ0n) is 19.9. The summed E-state index contributed by atoms with van der Waals surface area (Å²) in [5.41, 5.74) is -3.10. The smallest absolute Gasteiger partial charge is 0.404 e. The van der Waals surface area contributed by atoms with E-state index < -0.39 is 67.7 Å². The minimum atomic E-state index is -5.20. The number of nitrogens with zero attached hydrogens (tertiary/aromatic N) is 3. The molecule has 0 spiro atoms. The van der Waals surface area contributed by atoms with Crippen LogP contribution in [0.1, 0.15) is 19.0 Å². The van der Waals surface area contributed by atoms with Gasteiger partial charge in [0, 0.05) is 31.1 Å². The molecule has 2 saturated heterocycles. The molecule has 2 aliphatic rings. The van der Waals surface area contributed by atoms with Gasteiger partial charge >= 0.3 is 6.36 Å². The Bertz CT molecular complexity index is 1390. The molecule has 1 aromatic heterocycles. The number of halogens is 7. The van der Waals surface area contributed by atoms with Crippen molar-refractivity contribution < 1.29 is 44.6 Å². The van der Waals surface area contributed by atoms with Crippen LogP contribution in [0.15, 0.2) is 38.6 Å². The Morgan fingerprint density at radius 2 is 2.08 bits per heavy atom. The average Bonchev–Trinajstić information content (AvgIpc) is 2.86. The second kappa shape index (κ2) is 11.1. The zero-order chi connectivity index (χ0) is 28.8. The number of hydrogen-bond donors (Lipinski definition) is 1. The Morgan fingerprint density at radius 3 is 2.69 bits per heavy atom. The van der Waals surface area contributed by atoms with Crippen molar-refractivity contribution in [2.45, 2.75) is 47.9 Å². The molecule has 39 heavy (non-hydrogen) atoms. The molecule has 216 valence electrons. The summed E-state index contributed by atoms with van der Waals surface area (Å²) in [7, 11) is -3.40. The van der Waals surface area contributed by atoms with Crippen molar-refractivity contribution in [3.63, 3.8) is 0 Å². The standard InChI is InChI=1S/C21H21BrClF5N4O6S/c1-31(20(25)5-2-6-36-10-20)12-8-30-32(19(33)16(12)23)18-17(24)37-15(9-29-18)39(34,35)14-7-11(22)3-4-13(14)38-21(26,27)28/h3-4,7-8,15,17-18,29H,2,5-6,9-10H2,1H3/t15?,17?,18?,20-/m0/s1. The van der Waals surface area contributed by atoms with Crippen LogP contribution >= 0.6 is 27.5 Å². The highest BCUT2D eigenvalue weighted by Gasteiger charge is 2.44. The first-order valence-electron chi connectivity index (χ1n) is 11.2. The van der Waals surface area contributed by atoms with Gasteiger partial charge in [-0.05, 0) is 24.6 Å². The van der Waals surface area contributed by atoms with Crippen LogP contribution in [0.2, 0.25) is 5.02 Å². The molecule has 1 aromatic carbocycles. The summed E-state index contributed by atoms with van der Waals surface area (Å²) in [5, 5.41) is 5.84. The van der Waals surface area contributed by atoms with Gasteiger partial charge in [-0.25, -0.2) is 21.9 Å². The van der Waals surface area contributed by atoms with E-state index in [2.05, 4.69) is 31.1 Å². The highest BCUT2D eigenvalue weighted by molar-refractivity contribution is 9.10. The molecule has 2 aromatic rings. The largest absolute Gasteiger partial charge is 0.573 e. The summed E-state index contributed by atoms with van der Waals surface area (Å²) in [6.45, 7) is -0.534. The highest BCUT2D eigenvalue weighted by atomic mass is 79.9. The summed E-state index contributed by atoms with van der Waals surface area (Å²) in [5.74, 6) is -3.00. The molecular formula is C21H21BrClF5N4O6S. The summed E-state index contributed by atoms with van der Waals surface area (Å²) in [4.78, 5) is 13.1. The maximum Gasteiger partial charge on any atom is 0.573 e. The van der Waals surface area contributed by atoms with Gasteiger partial charge < -0.3 is 19.1 Å². The van der Waals surface area contributed by atoms with Gasteiger partial charge in [0.25, 0.3) is 5.56 Å². The fraction of sp³-hybridized carbons (Fsp3) is 0.524. The predicted molar refractivity (Wildman–Crippen MR) is 131 cm³/mol. The summed E-state index contributed by atoms with van der Waals surface area (Å²) in [6, 6.07) is 2.76. The lowest BCUT2D eigenvalue weighted by atomic mass is 10.1. The third kappa shape index (κ3) is 6.17. The molecule has 0 saturated carbocycles. The lowest BCUT2D eigenvalue weighted by Gasteiger charge is -2.39. The number of nitrogens with one attached hydrogen (secondary N) is 1. The van der Waals surface area contributed by atoms with Crippen LogP contribution in [0.25, 0.3) is 0 Å². The molecular weight excluding hydrogens is 647 g/mol. The molecule has 0 bridgehead atoms. The molecule has 3 heterocycles. The van der Waals surface area contributed by atoms with E-state index in [1.807, 2.05) is 0 Å². The fourth-order valence-electron chi connectivity index (χ4n) is 4.11. The van der Waals surface area contributed by atoms with Crippen LogP contribution in [-0.4, -0.2) is 69.0 Å². The minimum absolute atomic E-state index is 0.0784. The zero-order valence-corrected chi connectivity index (χ0v) is 23.1. The first-order valence-corrected chi connectivity index (χ1v) is 14.0. The van der Waals surface area contributed by atoms with Crippen LogP contribution in [-0.2, 0) is 19.3 Å². The van der Waals surface area contributed by atoms with E-state index in [1.165, 1.54) is 7.05 Å². The van der Waals surface area contributed by atoms with E-state index in [0.29, 0.717) is 17.7 Å². The van der Waals surface area contributed by atoms with Gasteiger partial charge in [0.2, 0.25) is 22.0 Å². The molecule has 4 rings (SSSR count). The van der Waals surface area contributed by atoms with E-state index in [1.54, 1.807) is 0 Å². The van der Waals surface area contributed by atoms with Gasteiger partial charge in [-0.1, -0.05) is 27.5 Å². The molecule has 2 fully saturated rings. The molecule has 0 aliphatic carbocycles. The molecule has 1 N–H and O–H groups in total. The molecule has 4 atom stereocenters. The number of alkyl halides is 5. The van der Waals surface area contributed by atoms with Gasteiger partial charge in [0.1, 0.15) is 15.7 Å². The van der Waals surface area contributed by atoms with Crippen molar-refractivity contribution in [3.8, 4) is 5.75 Å². The number of anilines is 1. The molecule has 0 radical (unpaired) electrons. The van der Waals surface area contributed by atoms with Crippen LogP contribution in [0.4, 0.5) is 27.6 Å². The summed E-state index contributed by atoms with van der Waals surface area (Å²) < 4.78 is 110. The first-order chi connectivity index (χ1) is 18.1. The molecule has 0 amide bonds. The topological polar surface area (TPSA) is 112 Å². The summed E-state index contributed by atoms with van der Waals surface area (Å²) >= 11 is 9.17. The second-order valence-corrected chi connectivity index (χ2v) is 12.0. The Kier molecular flexibility index (Phi) is 8.50. The van der Waals surface area contributed by atoms with Crippen molar-refractivity contribution in [2.24, 2.45) is 0 Å². The molecule has 10 nitrogen and oxygen atoms in total. The van der Waals surface area contributed by atoms with Crippen molar-refractivity contribution in [3.05, 3.63) is 44.2 Å². The van der Waals surface area contributed by atoms with Crippen LogP contribution in [0.5, 0.6) is 5.75 Å². The van der Waals surface area contributed by atoms with Gasteiger partial charge in [0.05, 0.1) is 18.5 Å². The van der Waals surface area contributed by atoms with E-state index in [4.69, 9.17) is 21.1 Å². The second-order valence-electron chi connectivity index (χ2n) is 8.68. The quantitative estimate of drug-likeness (QED) is 0.364. The molecule has 3 unspecified atom stereocenters. The maximum atomic E-state index is 15.3. The van der Waals surface area contributed by atoms with E-state index in [-0.39, 0.29) is 23.2 Å². The Hall–Kier alpha value is -2.05. The number of hydrogen-bond acceptors (Lipinski definition) is 9. The third-order valence-electron chi connectivity index (χ3n) is 6.13. The van der Waals surface area contributed by atoms with Crippen molar-refractivity contribution >= 4 is 43.1 Å². The lowest BCUT2D eigenvalue weighted by molar-refractivity contribution is -0.275. The van der Waals surface area contributed by atoms with E-state index in [9.17, 15) is 26.4 Å². The highest BCUT2D eigenvalue weighted by Crippen LogP contribution is 2.37. The number of ether oxygens (including phenoxy) is 3. The van der Waals surface area contributed by atoms with Gasteiger partial charge in [-0.2, -0.15) is 5.10 Å². The predicted octanol–water partition coefficient (Wildman–Crippen LogP) is 3.68. The van der Waals surface area contributed by atoms with Crippen molar-refractivity contribution in [2.75, 3.05) is 31.7 Å². The van der Waals surface area contributed by atoms with Crippen molar-refractivity contribution in [1.29, 1.82) is 0 Å². The van der Waals surface area contributed by atoms with E-state index in [0.717, 1.165) is 29.3 Å². The maximum absolute atomic E-state index is 15.3. The number of sulfone groups is 1. The Morgan fingerprint density at radius 1 is 1.36 bits per heavy atom. The fourth-order valence-corrected chi connectivity index (χ4v) is 6.41. The van der Waals surface area contributed by atoms with Gasteiger partial charge in [0.15, 0.2) is 11.6 Å². The third-order valence-corrected chi connectivity index (χ3v) is 8.88. The van der Waals surface area contributed by atoms with Gasteiger partial charge in [-0.3, -0.25) is 10.1 Å². The first kappa shape index (κ1) is 29.9. The normalized spacial score (nSPS) is 26.3. The van der Waals surface area contributed by atoms with Crippen molar-refractivity contribution in [1.82, 2.24) is 15.1 Å². The molecule has 18 heteroatoms.